The topological polar surface area (TPSA) is 41.6 Å². The molecule has 2 rings (SSSR count). The fraction of sp³-hybridized carbons (Fsp3) is 0.933. The van der Waals surface area contributed by atoms with E-state index in [2.05, 4.69) is 24.1 Å². The maximum absolute atomic E-state index is 12.0. The second-order valence-electron chi connectivity index (χ2n) is 6.30. The number of esters is 1. The molecule has 1 aliphatic heterocycles. The molecule has 1 N–H and O–H groups in total. The van der Waals surface area contributed by atoms with Gasteiger partial charge in [0.05, 0.1) is 6.61 Å². The number of nitrogens with one attached hydrogen (secondary N) is 1. The quantitative estimate of drug-likeness (QED) is 0.713. The Hall–Kier alpha value is -0.610. The molecule has 0 bridgehead atoms. The third-order valence-electron chi connectivity index (χ3n) is 4.28. The van der Waals surface area contributed by atoms with Gasteiger partial charge in [-0.3, -0.25) is 4.79 Å². The zero-order valence-electron chi connectivity index (χ0n) is 12.5. The molecular weight excluding hydrogens is 240 g/mol. The highest BCUT2D eigenvalue weighted by atomic mass is 16.5. The Morgan fingerprint density at radius 1 is 1.37 bits per heavy atom. The van der Waals surface area contributed by atoms with Gasteiger partial charge in [0.25, 0.3) is 0 Å². The van der Waals surface area contributed by atoms with Crippen LogP contribution in [0.5, 0.6) is 0 Å². The summed E-state index contributed by atoms with van der Waals surface area (Å²) in [7, 11) is 0. The van der Waals surface area contributed by atoms with E-state index < -0.39 is 0 Å². The minimum atomic E-state index is -0.140. The van der Waals surface area contributed by atoms with Gasteiger partial charge in [-0.2, -0.15) is 0 Å². The normalized spacial score (nSPS) is 25.8. The summed E-state index contributed by atoms with van der Waals surface area (Å²) in [5, 5.41) is 3.43. The van der Waals surface area contributed by atoms with E-state index in [-0.39, 0.29) is 12.0 Å². The van der Waals surface area contributed by atoms with Crippen molar-refractivity contribution in [2.24, 2.45) is 11.8 Å². The van der Waals surface area contributed by atoms with Crippen molar-refractivity contribution in [2.45, 2.75) is 52.1 Å². The Balaban J connectivity index is 1.83. The molecule has 1 saturated carbocycles. The summed E-state index contributed by atoms with van der Waals surface area (Å²) in [4.78, 5) is 14.4. The van der Waals surface area contributed by atoms with E-state index in [0.717, 1.165) is 31.5 Å². The second kappa shape index (κ2) is 6.71. The zero-order valence-corrected chi connectivity index (χ0v) is 12.5. The van der Waals surface area contributed by atoms with E-state index in [1.54, 1.807) is 0 Å². The van der Waals surface area contributed by atoms with Crippen molar-refractivity contribution >= 4 is 5.97 Å². The molecule has 1 heterocycles. The molecule has 0 radical (unpaired) electrons. The van der Waals surface area contributed by atoms with Crippen molar-refractivity contribution in [1.29, 1.82) is 0 Å². The second-order valence-corrected chi connectivity index (χ2v) is 6.30. The molecule has 0 aromatic carbocycles. The summed E-state index contributed by atoms with van der Waals surface area (Å²) < 4.78 is 5.19. The first-order valence-electron chi connectivity index (χ1n) is 7.75. The van der Waals surface area contributed by atoms with Crippen LogP contribution in [0, 0.1) is 11.8 Å². The highest BCUT2D eigenvalue weighted by Gasteiger charge is 2.33. The van der Waals surface area contributed by atoms with Crippen molar-refractivity contribution in [1.82, 2.24) is 10.2 Å². The van der Waals surface area contributed by atoms with Crippen LogP contribution in [-0.2, 0) is 9.53 Å². The summed E-state index contributed by atoms with van der Waals surface area (Å²) >= 11 is 0. The van der Waals surface area contributed by atoms with Crippen molar-refractivity contribution in [3.05, 3.63) is 0 Å². The van der Waals surface area contributed by atoms with Gasteiger partial charge in [-0.05, 0) is 44.6 Å². The van der Waals surface area contributed by atoms with Gasteiger partial charge in [-0.15, -0.1) is 0 Å². The van der Waals surface area contributed by atoms with Crippen LogP contribution in [0.1, 0.15) is 40.0 Å². The molecular formula is C15H28N2O2. The molecule has 4 heteroatoms. The minimum absolute atomic E-state index is 0.0811. The number of hydrogen-bond acceptors (Lipinski definition) is 4. The average Bonchev–Trinajstić information content (AvgIpc) is 3.04. The van der Waals surface area contributed by atoms with Crippen LogP contribution in [0.15, 0.2) is 0 Å². The maximum atomic E-state index is 12.0. The van der Waals surface area contributed by atoms with E-state index >= 15 is 0 Å². The Kier molecular flexibility index (Phi) is 5.22. The first-order chi connectivity index (χ1) is 9.10. The fourth-order valence-corrected chi connectivity index (χ4v) is 2.80. The molecule has 0 spiro atoms. The maximum Gasteiger partial charge on any atom is 0.324 e. The summed E-state index contributed by atoms with van der Waals surface area (Å²) in [5.41, 5.74) is 0. The van der Waals surface area contributed by atoms with Crippen LogP contribution >= 0.6 is 0 Å². The van der Waals surface area contributed by atoms with Gasteiger partial charge in [0.15, 0.2) is 0 Å². The first-order valence-corrected chi connectivity index (χ1v) is 7.75. The number of ether oxygens (including phenoxy) is 1. The van der Waals surface area contributed by atoms with Gasteiger partial charge >= 0.3 is 5.97 Å². The number of rotatable bonds is 7. The number of nitrogens with zero attached hydrogens (tertiary/aromatic N) is 1. The minimum Gasteiger partial charge on any atom is -0.465 e. The zero-order chi connectivity index (χ0) is 13.8. The van der Waals surface area contributed by atoms with Crippen molar-refractivity contribution in [3.63, 3.8) is 0 Å². The number of likely N-dealkylation sites (tertiary alicyclic amines) is 1. The molecule has 1 aliphatic carbocycles. The van der Waals surface area contributed by atoms with E-state index in [0.29, 0.717) is 12.6 Å². The molecule has 2 unspecified atom stereocenters. The molecule has 4 nitrogen and oxygen atoms in total. The van der Waals surface area contributed by atoms with Crippen LogP contribution in [0.2, 0.25) is 0 Å². The van der Waals surface area contributed by atoms with E-state index in [1.165, 1.54) is 19.3 Å². The first kappa shape index (κ1) is 14.8. The Bertz CT molecular complexity index is 303. The van der Waals surface area contributed by atoms with Crippen LogP contribution in [0.3, 0.4) is 0 Å². The predicted molar refractivity (Wildman–Crippen MR) is 76.0 cm³/mol. The van der Waals surface area contributed by atoms with Gasteiger partial charge in [-0.1, -0.05) is 13.8 Å². The van der Waals surface area contributed by atoms with E-state index in [4.69, 9.17) is 4.74 Å². The van der Waals surface area contributed by atoms with Gasteiger partial charge in [0.1, 0.15) is 6.04 Å². The Labute approximate surface area is 116 Å². The standard InChI is InChI=1S/C15H28N2O2/c1-4-19-15(18)14(16-13-5-6-13)10-17-8-7-12(9-17)11(2)3/h11-14,16H,4-10H2,1-3H3. The van der Waals surface area contributed by atoms with Gasteiger partial charge in [0, 0.05) is 19.1 Å². The van der Waals surface area contributed by atoms with E-state index in [1.807, 2.05) is 6.92 Å². The molecule has 0 aromatic rings. The van der Waals surface area contributed by atoms with Crippen molar-refractivity contribution in [3.8, 4) is 0 Å². The predicted octanol–water partition coefficient (Wildman–Crippen LogP) is 1.65. The van der Waals surface area contributed by atoms with E-state index in [9.17, 15) is 4.79 Å². The highest BCUT2D eigenvalue weighted by molar-refractivity contribution is 5.76. The molecule has 2 aliphatic rings. The third kappa shape index (κ3) is 4.46. The number of carbonyl (C=O) groups is 1. The lowest BCUT2D eigenvalue weighted by Crippen LogP contribution is -2.47. The van der Waals surface area contributed by atoms with Gasteiger partial charge in [-0.25, -0.2) is 0 Å². The molecule has 0 amide bonds. The number of hydrogen-bond donors (Lipinski definition) is 1. The summed E-state index contributed by atoms with van der Waals surface area (Å²) in [5.74, 6) is 1.44. The molecule has 2 atom stereocenters. The lowest BCUT2D eigenvalue weighted by Gasteiger charge is -2.24. The largest absolute Gasteiger partial charge is 0.465 e. The summed E-state index contributed by atoms with van der Waals surface area (Å²) in [6, 6.07) is 0.399. The van der Waals surface area contributed by atoms with Crippen LogP contribution < -0.4 is 5.32 Å². The van der Waals surface area contributed by atoms with Crippen molar-refractivity contribution < 1.29 is 9.53 Å². The van der Waals surface area contributed by atoms with Crippen LogP contribution in [0.4, 0.5) is 0 Å². The SMILES string of the molecule is CCOC(=O)C(CN1CCC(C(C)C)C1)NC1CC1. The van der Waals surface area contributed by atoms with Crippen molar-refractivity contribution in [2.75, 3.05) is 26.2 Å². The van der Waals surface area contributed by atoms with Crippen LogP contribution in [-0.4, -0.2) is 49.2 Å². The average molecular weight is 268 g/mol. The molecule has 19 heavy (non-hydrogen) atoms. The lowest BCUT2D eigenvalue weighted by atomic mass is 9.95. The third-order valence-corrected chi connectivity index (χ3v) is 4.28. The molecule has 2 fully saturated rings. The fourth-order valence-electron chi connectivity index (χ4n) is 2.80. The summed E-state index contributed by atoms with van der Waals surface area (Å²) in [6.45, 7) is 9.97. The highest BCUT2D eigenvalue weighted by Crippen LogP contribution is 2.24. The molecule has 0 aromatic heterocycles. The smallest absolute Gasteiger partial charge is 0.324 e. The van der Waals surface area contributed by atoms with Gasteiger partial charge < -0.3 is 15.0 Å². The Morgan fingerprint density at radius 3 is 2.63 bits per heavy atom. The number of carbonyl (C=O) groups excluding carboxylic acids is 1. The lowest BCUT2D eigenvalue weighted by molar-refractivity contribution is -0.146. The Morgan fingerprint density at radius 2 is 2.11 bits per heavy atom. The van der Waals surface area contributed by atoms with Gasteiger partial charge in [0.2, 0.25) is 0 Å². The molecule has 110 valence electrons. The molecule has 1 saturated heterocycles. The van der Waals surface area contributed by atoms with Crippen LogP contribution in [0.25, 0.3) is 0 Å². The summed E-state index contributed by atoms with van der Waals surface area (Å²) in [6.07, 6.45) is 3.66. The monoisotopic (exact) mass is 268 g/mol.